The normalized spacial score (nSPS) is 31.6. The minimum Gasteiger partial charge on any atom is -0.392 e. The van der Waals surface area contributed by atoms with Crippen molar-refractivity contribution in [3.63, 3.8) is 0 Å². The van der Waals surface area contributed by atoms with Gasteiger partial charge in [-0.25, -0.2) is 0 Å². The van der Waals surface area contributed by atoms with Crippen LogP contribution < -0.4 is 0 Å². The number of likely N-dealkylation sites (tertiary alicyclic amines) is 2. The molecule has 2 saturated heterocycles. The second-order valence-corrected chi connectivity index (χ2v) is 5.75. The number of rotatable bonds is 4. The van der Waals surface area contributed by atoms with E-state index in [1.165, 1.54) is 45.3 Å². The molecule has 0 amide bonds. The van der Waals surface area contributed by atoms with Crippen LogP contribution in [0.4, 0.5) is 0 Å². The predicted molar refractivity (Wildman–Crippen MR) is 71.2 cm³/mol. The Hall–Kier alpha value is -0.120. The van der Waals surface area contributed by atoms with Gasteiger partial charge < -0.3 is 5.11 Å². The van der Waals surface area contributed by atoms with Crippen molar-refractivity contribution in [2.24, 2.45) is 0 Å². The van der Waals surface area contributed by atoms with Gasteiger partial charge in [-0.15, -0.1) is 0 Å². The zero-order valence-electron chi connectivity index (χ0n) is 11.4. The Morgan fingerprint density at radius 3 is 2.53 bits per heavy atom. The zero-order chi connectivity index (χ0) is 12.3. The molecular weight excluding hydrogens is 212 g/mol. The first-order valence-electron chi connectivity index (χ1n) is 7.38. The Kier molecular flexibility index (Phi) is 4.83. The van der Waals surface area contributed by atoms with Crippen LogP contribution in [0.25, 0.3) is 0 Å². The third kappa shape index (κ3) is 3.21. The third-order valence-electron chi connectivity index (χ3n) is 4.65. The van der Waals surface area contributed by atoms with Gasteiger partial charge in [-0.1, -0.05) is 13.3 Å². The highest BCUT2D eigenvalue weighted by atomic mass is 16.3. The maximum Gasteiger partial charge on any atom is 0.0690 e. The number of aliphatic hydroxyl groups is 1. The molecular formula is C14H28N2O. The van der Waals surface area contributed by atoms with Crippen molar-refractivity contribution in [1.29, 1.82) is 0 Å². The van der Waals surface area contributed by atoms with Crippen LogP contribution in [-0.4, -0.2) is 59.3 Å². The molecule has 2 aliphatic heterocycles. The summed E-state index contributed by atoms with van der Waals surface area (Å²) in [6.45, 7) is 9.16. The maximum atomic E-state index is 9.93. The Morgan fingerprint density at radius 2 is 1.88 bits per heavy atom. The van der Waals surface area contributed by atoms with E-state index in [2.05, 4.69) is 23.6 Å². The van der Waals surface area contributed by atoms with E-state index < -0.39 is 0 Å². The van der Waals surface area contributed by atoms with Crippen molar-refractivity contribution < 1.29 is 5.11 Å². The molecule has 2 fully saturated rings. The van der Waals surface area contributed by atoms with Gasteiger partial charge in [0.2, 0.25) is 0 Å². The van der Waals surface area contributed by atoms with Crippen LogP contribution >= 0.6 is 0 Å². The van der Waals surface area contributed by atoms with Gasteiger partial charge in [0.1, 0.15) is 0 Å². The van der Waals surface area contributed by atoms with Gasteiger partial charge in [-0.3, -0.25) is 9.80 Å². The summed E-state index contributed by atoms with van der Waals surface area (Å²) in [6.07, 6.45) is 6.17. The zero-order valence-corrected chi connectivity index (χ0v) is 11.4. The van der Waals surface area contributed by atoms with E-state index in [1.807, 2.05) is 0 Å². The van der Waals surface area contributed by atoms with E-state index in [0.717, 1.165) is 19.0 Å². The molecule has 0 spiro atoms. The van der Waals surface area contributed by atoms with Crippen molar-refractivity contribution in [1.82, 2.24) is 9.80 Å². The van der Waals surface area contributed by atoms with E-state index in [0.29, 0.717) is 6.04 Å². The largest absolute Gasteiger partial charge is 0.392 e. The summed E-state index contributed by atoms with van der Waals surface area (Å²) >= 11 is 0. The molecule has 0 aliphatic carbocycles. The van der Waals surface area contributed by atoms with E-state index in [4.69, 9.17) is 0 Å². The minimum absolute atomic E-state index is 0.157. The van der Waals surface area contributed by atoms with Crippen LogP contribution in [-0.2, 0) is 0 Å². The highest BCUT2D eigenvalue weighted by Crippen LogP contribution is 2.22. The first-order valence-corrected chi connectivity index (χ1v) is 7.38. The molecule has 1 N–H and O–H groups in total. The summed E-state index contributed by atoms with van der Waals surface area (Å²) in [5.74, 6) is 0. The number of hydrogen-bond donors (Lipinski definition) is 1. The van der Waals surface area contributed by atoms with Gasteiger partial charge in [0.05, 0.1) is 6.10 Å². The molecule has 3 nitrogen and oxygen atoms in total. The molecule has 17 heavy (non-hydrogen) atoms. The first kappa shape index (κ1) is 13.3. The smallest absolute Gasteiger partial charge is 0.0690 e. The predicted octanol–water partition coefficient (Wildman–Crippen LogP) is 1.71. The Balaban J connectivity index is 1.82. The minimum atomic E-state index is -0.157. The Morgan fingerprint density at radius 1 is 1.18 bits per heavy atom. The average Bonchev–Trinajstić information content (AvgIpc) is 2.87. The van der Waals surface area contributed by atoms with Gasteiger partial charge in [-0.2, -0.15) is 0 Å². The van der Waals surface area contributed by atoms with Crippen molar-refractivity contribution >= 4 is 0 Å². The molecule has 3 atom stereocenters. The number of hydrogen-bond acceptors (Lipinski definition) is 3. The molecule has 100 valence electrons. The summed E-state index contributed by atoms with van der Waals surface area (Å²) in [4.78, 5) is 5.15. The second kappa shape index (κ2) is 6.17. The van der Waals surface area contributed by atoms with Crippen molar-refractivity contribution in [2.75, 3.05) is 26.2 Å². The van der Waals surface area contributed by atoms with E-state index in [1.54, 1.807) is 0 Å². The van der Waals surface area contributed by atoms with Crippen LogP contribution in [0.15, 0.2) is 0 Å². The van der Waals surface area contributed by atoms with E-state index >= 15 is 0 Å². The SMILES string of the molecule is CCC(O)C(C)N1CCC(N2CCCCC2)C1. The molecule has 0 aromatic carbocycles. The monoisotopic (exact) mass is 240 g/mol. The molecule has 3 unspecified atom stereocenters. The van der Waals surface area contributed by atoms with Gasteiger partial charge in [0.25, 0.3) is 0 Å². The molecule has 0 radical (unpaired) electrons. The third-order valence-corrected chi connectivity index (χ3v) is 4.65. The maximum absolute atomic E-state index is 9.93. The fraction of sp³-hybridized carbons (Fsp3) is 1.00. The summed E-state index contributed by atoms with van der Waals surface area (Å²) in [6, 6.07) is 1.08. The lowest BCUT2D eigenvalue weighted by atomic mass is 10.1. The molecule has 2 rings (SSSR count). The lowest BCUT2D eigenvalue weighted by Gasteiger charge is -2.33. The molecule has 2 aliphatic rings. The van der Waals surface area contributed by atoms with Crippen molar-refractivity contribution in [3.05, 3.63) is 0 Å². The topological polar surface area (TPSA) is 26.7 Å². The average molecular weight is 240 g/mol. The Bertz CT molecular complexity index is 220. The second-order valence-electron chi connectivity index (χ2n) is 5.75. The lowest BCUT2D eigenvalue weighted by molar-refractivity contribution is 0.0624. The van der Waals surface area contributed by atoms with Crippen LogP contribution in [0.5, 0.6) is 0 Å². The number of nitrogens with zero attached hydrogens (tertiary/aromatic N) is 2. The molecule has 0 bridgehead atoms. The molecule has 0 saturated carbocycles. The standard InChI is InChI=1S/C14H28N2O/c1-3-14(17)12(2)16-10-7-13(11-16)15-8-5-4-6-9-15/h12-14,17H,3-11H2,1-2H3. The van der Waals surface area contributed by atoms with E-state index in [-0.39, 0.29) is 6.10 Å². The Labute approximate surface area is 106 Å². The van der Waals surface area contributed by atoms with Gasteiger partial charge >= 0.3 is 0 Å². The highest BCUT2D eigenvalue weighted by molar-refractivity contribution is 4.88. The van der Waals surface area contributed by atoms with Gasteiger partial charge in [-0.05, 0) is 45.7 Å². The first-order chi connectivity index (χ1) is 8.22. The molecule has 3 heteroatoms. The van der Waals surface area contributed by atoms with Crippen LogP contribution in [0.3, 0.4) is 0 Å². The molecule has 2 heterocycles. The van der Waals surface area contributed by atoms with Crippen molar-refractivity contribution in [3.8, 4) is 0 Å². The van der Waals surface area contributed by atoms with Crippen LogP contribution in [0.1, 0.15) is 46.0 Å². The summed E-state index contributed by atoms with van der Waals surface area (Å²) < 4.78 is 0. The summed E-state index contributed by atoms with van der Waals surface area (Å²) in [7, 11) is 0. The van der Waals surface area contributed by atoms with Crippen molar-refractivity contribution in [2.45, 2.75) is 64.1 Å². The van der Waals surface area contributed by atoms with E-state index in [9.17, 15) is 5.11 Å². The quantitative estimate of drug-likeness (QED) is 0.810. The number of piperidine rings is 1. The van der Waals surface area contributed by atoms with Crippen LogP contribution in [0, 0.1) is 0 Å². The highest BCUT2D eigenvalue weighted by Gasteiger charge is 2.32. The molecule has 0 aromatic rings. The fourth-order valence-electron chi connectivity index (χ4n) is 3.30. The van der Waals surface area contributed by atoms with Gasteiger partial charge in [0.15, 0.2) is 0 Å². The summed E-state index contributed by atoms with van der Waals surface area (Å²) in [5.41, 5.74) is 0. The summed E-state index contributed by atoms with van der Waals surface area (Å²) in [5, 5.41) is 9.93. The van der Waals surface area contributed by atoms with Gasteiger partial charge in [0, 0.05) is 25.2 Å². The fourth-order valence-corrected chi connectivity index (χ4v) is 3.30. The molecule has 0 aromatic heterocycles. The lowest BCUT2D eigenvalue weighted by Crippen LogP contribution is -2.44. The number of aliphatic hydroxyl groups excluding tert-OH is 1. The van der Waals surface area contributed by atoms with Crippen LogP contribution in [0.2, 0.25) is 0 Å².